The first-order chi connectivity index (χ1) is 9.72. The number of likely N-dealkylation sites (N-methyl/N-ethyl adjacent to an activating group) is 1. The van der Waals surface area contributed by atoms with Crippen molar-refractivity contribution in [1.29, 1.82) is 0 Å². The molecule has 1 atom stereocenters. The Balaban J connectivity index is 1.67. The molecule has 1 aliphatic heterocycles. The minimum Gasteiger partial charge on any atom is -0.354 e. The van der Waals surface area contributed by atoms with Gasteiger partial charge >= 0.3 is 0 Å². The third-order valence-electron chi connectivity index (χ3n) is 4.03. The van der Waals surface area contributed by atoms with Crippen LogP contribution in [-0.2, 0) is 13.0 Å². The first-order valence-electron chi connectivity index (χ1n) is 6.76. The summed E-state index contributed by atoms with van der Waals surface area (Å²) in [4.78, 5) is 14.1. The van der Waals surface area contributed by atoms with Crippen LogP contribution in [0.3, 0.4) is 0 Å². The zero-order valence-corrected chi connectivity index (χ0v) is 11.5. The third kappa shape index (κ3) is 1.61. The molecule has 0 amide bonds. The largest absolute Gasteiger partial charge is 0.354 e. The Morgan fingerprint density at radius 2 is 2.30 bits per heavy atom. The van der Waals surface area contributed by atoms with Crippen molar-refractivity contribution < 1.29 is 0 Å². The number of hydrogen-bond acceptors (Lipinski definition) is 4. The predicted octanol–water partition coefficient (Wildman–Crippen LogP) is 1.52. The molecular weight excluding hydrogens is 252 g/mol. The van der Waals surface area contributed by atoms with Crippen molar-refractivity contribution in [1.82, 2.24) is 24.7 Å². The van der Waals surface area contributed by atoms with Gasteiger partial charge in [-0.2, -0.15) is 5.10 Å². The lowest BCUT2D eigenvalue weighted by Crippen LogP contribution is -2.33. The van der Waals surface area contributed by atoms with E-state index in [1.54, 1.807) is 6.33 Å². The monoisotopic (exact) mass is 268 g/mol. The van der Waals surface area contributed by atoms with Gasteiger partial charge in [0.1, 0.15) is 17.8 Å². The fourth-order valence-corrected chi connectivity index (χ4v) is 3.00. The van der Waals surface area contributed by atoms with Gasteiger partial charge in [0, 0.05) is 25.4 Å². The number of nitrogens with zero attached hydrogens (tertiary/aromatic N) is 5. The minimum atomic E-state index is 0.395. The van der Waals surface area contributed by atoms with Gasteiger partial charge in [-0.15, -0.1) is 0 Å². The fourth-order valence-electron chi connectivity index (χ4n) is 3.00. The van der Waals surface area contributed by atoms with E-state index in [4.69, 9.17) is 0 Å². The molecule has 20 heavy (non-hydrogen) atoms. The van der Waals surface area contributed by atoms with E-state index in [-0.39, 0.29) is 0 Å². The van der Waals surface area contributed by atoms with Crippen LogP contribution >= 0.6 is 0 Å². The number of fused-ring (bicyclic) bond motifs is 2. The van der Waals surface area contributed by atoms with Gasteiger partial charge in [-0.1, -0.05) is 0 Å². The van der Waals surface area contributed by atoms with Crippen molar-refractivity contribution in [3.63, 3.8) is 0 Å². The first kappa shape index (κ1) is 11.5. The van der Waals surface area contributed by atoms with E-state index >= 15 is 0 Å². The van der Waals surface area contributed by atoms with Gasteiger partial charge in [0.2, 0.25) is 0 Å². The molecule has 0 saturated heterocycles. The number of nitrogens with one attached hydrogen (secondary N) is 1. The zero-order valence-electron chi connectivity index (χ0n) is 11.5. The summed E-state index contributed by atoms with van der Waals surface area (Å²) in [7, 11) is 2.10. The maximum Gasteiger partial charge on any atom is 0.142 e. The molecule has 6 nitrogen and oxygen atoms in total. The molecule has 0 unspecified atom stereocenters. The number of H-pyrrole nitrogens is 1. The Morgan fingerprint density at radius 3 is 3.15 bits per heavy atom. The predicted molar refractivity (Wildman–Crippen MR) is 76.7 cm³/mol. The second-order valence-electron chi connectivity index (χ2n) is 5.37. The molecule has 0 spiro atoms. The van der Waals surface area contributed by atoms with E-state index in [2.05, 4.69) is 42.7 Å². The van der Waals surface area contributed by atoms with E-state index in [0.29, 0.717) is 6.04 Å². The summed E-state index contributed by atoms with van der Waals surface area (Å²) in [6, 6.07) is 4.59. The summed E-state index contributed by atoms with van der Waals surface area (Å²) in [5, 5.41) is 5.59. The molecule has 0 radical (unpaired) electrons. The molecule has 4 rings (SSSR count). The van der Waals surface area contributed by atoms with E-state index in [0.717, 1.165) is 35.5 Å². The molecule has 0 bridgehead atoms. The van der Waals surface area contributed by atoms with E-state index in [1.165, 1.54) is 5.69 Å². The van der Waals surface area contributed by atoms with Gasteiger partial charge in [0.15, 0.2) is 0 Å². The van der Waals surface area contributed by atoms with Crippen molar-refractivity contribution in [3.8, 4) is 0 Å². The topological polar surface area (TPSA) is 62.6 Å². The van der Waals surface area contributed by atoms with Crippen LogP contribution in [0.2, 0.25) is 0 Å². The summed E-state index contributed by atoms with van der Waals surface area (Å²) in [6.45, 7) is 2.95. The Labute approximate surface area is 116 Å². The molecule has 3 aromatic heterocycles. The Bertz CT molecular complexity index is 747. The van der Waals surface area contributed by atoms with Gasteiger partial charge < -0.3 is 9.88 Å². The second kappa shape index (κ2) is 4.06. The summed E-state index contributed by atoms with van der Waals surface area (Å²) < 4.78 is 2.10. The molecule has 0 aliphatic carbocycles. The zero-order chi connectivity index (χ0) is 13.7. The fraction of sp³-hybridized carbons (Fsp3) is 0.357. The quantitative estimate of drug-likeness (QED) is 0.765. The number of rotatable bonds is 2. The van der Waals surface area contributed by atoms with Crippen LogP contribution in [-0.4, -0.2) is 37.8 Å². The Hall–Kier alpha value is -2.37. The van der Waals surface area contributed by atoms with Gasteiger partial charge in [-0.05, 0) is 19.1 Å². The van der Waals surface area contributed by atoms with Crippen LogP contribution in [0.5, 0.6) is 0 Å². The average molecular weight is 268 g/mol. The van der Waals surface area contributed by atoms with Crippen LogP contribution in [0, 0.1) is 6.92 Å². The van der Waals surface area contributed by atoms with Gasteiger partial charge in [-0.25, -0.2) is 9.97 Å². The molecule has 1 N–H and O–H groups in total. The third-order valence-corrected chi connectivity index (χ3v) is 4.03. The minimum absolute atomic E-state index is 0.395. The van der Waals surface area contributed by atoms with E-state index < -0.39 is 0 Å². The average Bonchev–Trinajstić information content (AvgIpc) is 3.10. The Kier molecular flexibility index (Phi) is 2.33. The Morgan fingerprint density at radius 1 is 1.40 bits per heavy atom. The molecule has 0 saturated carbocycles. The molecular formula is C14H16N6. The molecule has 102 valence electrons. The highest BCUT2D eigenvalue weighted by atomic mass is 15.3. The van der Waals surface area contributed by atoms with Crippen LogP contribution in [0.25, 0.3) is 11.0 Å². The molecule has 4 heterocycles. The van der Waals surface area contributed by atoms with Crippen LogP contribution in [0.1, 0.15) is 11.4 Å². The smallest absolute Gasteiger partial charge is 0.142 e. The summed E-state index contributed by atoms with van der Waals surface area (Å²) in [5.41, 5.74) is 3.28. The number of aromatic nitrogens is 5. The maximum atomic E-state index is 4.52. The number of anilines is 1. The number of aromatic amines is 1. The van der Waals surface area contributed by atoms with Gasteiger partial charge in [-0.3, -0.25) is 4.68 Å². The standard InChI is InChI=1S/C14H16N6/c1-9-5-10-6-11(7-20(10)18-9)19(2)14-12-3-4-15-13(12)16-8-17-14/h3-5,8,11H,6-7H2,1-2H3,(H,15,16,17)/t11-/m1/s1. The maximum absolute atomic E-state index is 4.52. The van der Waals surface area contributed by atoms with Crippen LogP contribution in [0.15, 0.2) is 24.7 Å². The van der Waals surface area contributed by atoms with Crippen molar-refractivity contribution in [3.05, 3.63) is 36.0 Å². The lowest BCUT2D eigenvalue weighted by atomic mass is 10.1. The van der Waals surface area contributed by atoms with Crippen molar-refractivity contribution in [2.45, 2.75) is 25.9 Å². The van der Waals surface area contributed by atoms with Crippen LogP contribution in [0.4, 0.5) is 5.82 Å². The van der Waals surface area contributed by atoms with E-state index in [1.807, 2.05) is 19.2 Å². The first-order valence-corrected chi connectivity index (χ1v) is 6.76. The molecule has 3 aromatic rings. The van der Waals surface area contributed by atoms with Crippen molar-refractivity contribution in [2.75, 3.05) is 11.9 Å². The molecule has 0 fully saturated rings. The molecule has 0 aromatic carbocycles. The normalized spacial score (nSPS) is 17.6. The lowest BCUT2D eigenvalue weighted by Gasteiger charge is -2.25. The van der Waals surface area contributed by atoms with Crippen LogP contribution < -0.4 is 4.90 Å². The SMILES string of the molecule is Cc1cc2n(n1)C[C@H](N(C)c1ncnc3[nH]ccc13)C2. The highest BCUT2D eigenvalue weighted by Gasteiger charge is 2.27. The molecule has 1 aliphatic rings. The van der Waals surface area contributed by atoms with Crippen molar-refractivity contribution >= 4 is 16.9 Å². The van der Waals surface area contributed by atoms with E-state index in [9.17, 15) is 0 Å². The summed E-state index contributed by atoms with van der Waals surface area (Å²) >= 11 is 0. The van der Waals surface area contributed by atoms with Crippen molar-refractivity contribution in [2.24, 2.45) is 0 Å². The summed E-state index contributed by atoms with van der Waals surface area (Å²) in [5.74, 6) is 0.976. The van der Waals surface area contributed by atoms with Gasteiger partial charge in [0.25, 0.3) is 0 Å². The number of aryl methyl sites for hydroxylation is 1. The highest BCUT2D eigenvalue weighted by Crippen LogP contribution is 2.27. The number of hydrogen-bond donors (Lipinski definition) is 1. The lowest BCUT2D eigenvalue weighted by molar-refractivity contribution is 0.561. The van der Waals surface area contributed by atoms with Gasteiger partial charge in [0.05, 0.1) is 23.7 Å². The molecule has 6 heteroatoms. The summed E-state index contributed by atoms with van der Waals surface area (Å²) in [6.07, 6.45) is 4.52. The highest BCUT2D eigenvalue weighted by molar-refractivity contribution is 5.87. The second-order valence-corrected chi connectivity index (χ2v) is 5.37.